The zero-order valence-electron chi connectivity index (χ0n) is 15.4. The van der Waals surface area contributed by atoms with Crippen LogP contribution in [0.25, 0.3) is 0 Å². The number of Topliss-reactive ketones (excluding diaryl/α,β-unsaturated/α-hetero) is 1. The highest BCUT2D eigenvalue weighted by Crippen LogP contribution is 2.18. The van der Waals surface area contributed by atoms with Crippen molar-refractivity contribution in [1.29, 1.82) is 0 Å². The van der Waals surface area contributed by atoms with Gasteiger partial charge in [-0.25, -0.2) is 0 Å². The van der Waals surface area contributed by atoms with Gasteiger partial charge in [-0.15, -0.1) is 0 Å². The van der Waals surface area contributed by atoms with Gasteiger partial charge in [-0.3, -0.25) is 14.5 Å². The molecule has 132 valence electrons. The maximum absolute atomic E-state index is 12.3. The number of carbonyl (C=O) groups is 2. The van der Waals surface area contributed by atoms with E-state index in [-0.39, 0.29) is 23.3 Å². The van der Waals surface area contributed by atoms with Gasteiger partial charge in [0.25, 0.3) is 0 Å². The first-order valence-corrected chi connectivity index (χ1v) is 8.59. The van der Waals surface area contributed by atoms with Crippen molar-refractivity contribution < 1.29 is 9.59 Å². The molecule has 0 radical (unpaired) electrons. The molecule has 1 heterocycles. The number of nitrogens with one attached hydrogen (secondary N) is 1. The molecule has 1 N–H and O–H groups in total. The van der Waals surface area contributed by atoms with Gasteiger partial charge in [-0.1, -0.05) is 0 Å². The Labute approximate surface area is 145 Å². The summed E-state index contributed by atoms with van der Waals surface area (Å²) in [5, 5.41) is 3.05. The number of hydrogen-bond acceptors (Lipinski definition) is 4. The fraction of sp³-hybridized carbons (Fsp3) is 0.579. The van der Waals surface area contributed by atoms with Crippen LogP contribution in [-0.4, -0.2) is 54.4 Å². The maximum atomic E-state index is 12.3. The quantitative estimate of drug-likeness (QED) is 0.860. The van der Waals surface area contributed by atoms with Crippen LogP contribution in [0.2, 0.25) is 0 Å². The first-order valence-electron chi connectivity index (χ1n) is 8.59. The number of carbonyl (C=O) groups excluding carboxylic acids is 2. The molecule has 1 saturated heterocycles. The molecule has 0 spiro atoms. The molecule has 1 aromatic rings. The first kappa shape index (κ1) is 18.5. The van der Waals surface area contributed by atoms with Gasteiger partial charge < -0.3 is 10.2 Å². The van der Waals surface area contributed by atoms with Crippen LogP contribution in [0, 0.1) is 0 Å². The third-order valence-corrected chi connectivity index (χ3v) is 4.38. The van der Waals surface area contributed by atoms with Crippen molar-refractivity contribution >= 4 is 17.4 Å². The lowest BCUT2D eigenvalue weighted by atomic mass is 10.1. The fourth-order valence-corrected chi connectivity index (χ4v) is 2.91. The highest BCUT2D eigenvalue weighted by Gasteiger charge is 2.27. The summed E-state index contributed by atoms with van der Waals surface area (Å²) in [4.78, 5) is 28.2. The first-order chi connectivity index (χ1) is 11.2. The molecule has 2 rings (SSSR count). The molecule has 0 saturated carbocycles. The highest BCUT2D eigenvalue weighted by atomic mass is 16.2. The second kappa shape index (κ2) is 7.34. The number of amides is 1. The Bertz CT molecular complexity index is 582. The van der Waals surface area contributed by atoms with Crippen molar-refractivity contribution in [2.24, 2.45) is 0 Å². The smallest absolute Gasteiger partial charge is 0.237 e. The summed E-state index contributed by atoms with van der Waals surface area (Å²) in [6.45, 7) is 13.0. The number of hydrogen-bond donors (Lipinski definition) is 1. The summed E-state index contributed by atoms with van der Waals surface area (Å²) < 4.78 is 0. The predicted molar refractivity (Wildman–Crippen MR) is 97.6 cm³/mol. The monoisotopic (exact) mass is 331 g/mol. The van der Waals surface area contributed by atoms with Crippen molar-refractivity contribution in [2.45, 2.75) is 46.2 Å². The molecule has 1 atom stereocenters. The molecule has 5 nitrogen and oxygen atoms in total. The fourth-order valence-electron chi connectivity index (χ4n) is 2.91. The molecule has 1 aliphatic heterocycles. The second-order valence-corrected chi connectivity index (χ2v) is 7.54. The SMILES string of the molecule is CC(=O)c1ccc(N2CCN([C@H](C)C(=O)NC(C)(C)C)CC2)cc1. The average Bonchev–Trinajstić information content (AvgIpc) is 2.53. The number of nitrogens with zero attached hydrogens (tertiary/aromatic N) is 2. The van der Waals surface area contributed by atoms with Crippen molar-refractivity contribution in [1.82, 2.24) is 10.2 Å². The lowest BCUT2D eigenvalue weighted by molar-refractivity contribution is -0.127. The van der Waals surface area contributed by atoms with Gasteiger partial charge >= 0.3 is 0 Å². The number of anilines is 1. The Morgan fingerprint density at radius 2 is 1.58 bits per heavy atom. The third-order valence-electron chi connectivity index (χ3n) is 4.38. The zero-order chi connectivity index (χ0) is 17.9. The molecular formula is C19H29N3O2. The van der Waals surface area contributed by atoms with Gasteiger partial charge in [-0.2, -0.15) is 0 Å². The van der Waals surface area contributed by atoms with E-state index in [0.717, 1.165) is 37.4 Å². The molecule has 0 bridgehead atoms. The van der Waals surface area contributed by atoms with Gasteiger partial charge in [0.15, 0.2) is 5.78 Å². The standard InChI is InChI=1S/C19H29N3O2/c1-14(18(24)20-19(3,4)5)21-10-12-22(13-11-21)17-8-6-16(7-9-17)15(2)23/h6-9,14H,10-13H2,1-5H3,(H,20,24)/t14-/m1/s1. The van der Waals surface area contributed by atoms with Crippen LogP contribution >= 0.6 is 0 Å². The van der Waals surface area contributed by atoms with E-state index in [2.05, 4.69) is 15.1 Å². The highest BCUT2D eigenvalue weighted by molar-refractivity contribution is 5.94. The van der Waals surface area contributed by atoms with Crippen molar-refractivity contribution in [3.63, 3.8) is 0 Å². The van der Waals surface area contributed by atoms with Crippen LogP contribution in [0.4, 0.5) is 5.69 Å². The predicted octanol–water partition coefficient (Wildman–Crippen LogP) is 2.31. The minimum absolute atomic E-state index is 0.0850. The summed E-state index contributed by atoms with van der Waals surface area (Å²) in [7, 11) is 0. The second-order valence-electron chi connectivity index (χ2n) is 7.54. The van der Waals surface area contributed by atoms with E-state index in [9.17, 15) is 9.59 Å². The molecular weight excluding hydrogens is 302 g/mol. The Hall–Kier alpha value is -1.88. The Balaban J connectivity index is 1.91. The molecule has 5 heteroatoms. The van der Waals surface area contributed by atoms with E-state index in [1.54, 1.807) is 6.92 Å². The van der Waals surface area contributed by atoms with Gasteiger partial charge in [0.1, 0.15) is 0 Å². The average molecular weight is 331 g/mol. The number of benzene rings is 1. The van der Waals surface area contributed by atoms with Gasteiger partial charge in [0, 0.05) is 43.0 Å². The topological polar surface area (TPSA) is 52.7 Å². The third kappa shape index (κ3) is 4.81. The van der Waals surface area contributed by atoms with Crippen molar-refractivity contribution in [3.8, 4) is 0 Å². The van der Waals surface area contributed by atoms with E-state index >= 15 is 0 Å². The van der Waals surface area contributed by atoms with E-state index in [4.69, 9.17) is 0 Å². The molecule has 24 heavy (non-hydrogen) atoms. The summed E-state index contributed by atoms with van der Waals surface area (Å²) in [6.07, 6.45) is 0. The molecule has 0 aliphatic carbocycles. The van der Waals surface area contributed by atoms with Crippen LogP contribution < -0.4 is 10.2 Å². The van der Waals surface area contributed by atoms with Crippen LogP contribution in [0.15, 0.2) is 24.3 Å². The van der Waals surface area contributed by atoms with Crippen LogP contribution in [-0.2, 0) is 4.79 Å². The van der Waals surface area contributed by atoms with E-state index in [1.807, 2.05) is 52.0 Å². The van der Waals surface area contributed by atoms with Gasteiger partial charge in [0.2, 0.25) is 5.91 Å². The molecule has 0 aromatic heterocycles. The number of rotatable bonds is 4. The van der Waals surface area contributed by atoms with Gasteiger partial charge in [0.05, 0.1) is 6.04 Å². The minimum Gasteiger partial charge on any atom is -0.369 e. The Morgan fingerprint density at radius 1 is 1.04 bits per heavy atom. The normalized spacial score (nSPS) is 17.5. The number of ketones is 1. The lowest BCUT2D eigenvalue weighted by Crippen LogP contribution is -2.56. The maximum Gasteiger partial charge on any atom is 0.237 e. The van der Waals surface area contributed by atoms with Crippen LogP contribution in [0.3, 0.4) is 0 Å². The lowest BCUT2D eigenvalue weighted by Gasteiger charge is -2.39. The molecule has 1 aliphatic rings. The largest absolute Gasteiger partial charge is 0.369 e. The number of piperazine rings is 1. The molecule has 1 fully saturated rings. The van der Waals surface area contributed by atoms with E-state index in [1.165, 1.54) is 0 Å². The van der Waals surface area contributed by atoms with Crippen LogP contribution in [0.1, 0.15) is 45.0 Å². The summed E-state index contributed by atoms with van der Waals surface area (Å²) in [5.74, 6) is 0.173. The van der Waals surface area contributed by atoms with Gasteiger partial charge in [-0.05, 0) is 58.9 Å². The van der Waals surface area contributed by atoms with Crippen molar-refractivity contribution in [3.05, 3.63) is 29.8 Å². The molecule has 1 amide bonds. The van der Waals surface area contributed by atoms with Crippen molar-refractivity contribution in [2.75, 3.05) is 31.1 Å². The molecule has 0 unspecified atom stereocenters. The summed E-state index contributed by atoms with van der Waals surface area (Å²) in [5.41, 5.74) is 1.67. The Morgan fingerprint density at radius 3 is 2.04 bits per heavy atom. The van der Waals surface area contributed by atoms with Crippen LogP contribution in [0.5, 0.6) is 0 Å². The summed E-state index contributed by atoms with van der Waals surface area (Å²) >= 11 is 0. The summed E-state index contributed by atoms with van der Waals surface area (Å²) in [6, 6.07) is 7.64. The zero-order valence-corrected chi connectivity index (χ0v) is 15.4. The van der Waals surface area contributed by atoms with E-state index in [0.29, 0.717) is 0 Å². The minimum atomic E-state index is -0.203. The Kier molecular flexibility index (Phi) is 5.65. The molecule has 1 aromatic carbocycles. The van der Waals surface area contributed by atoms with E-state index < -0.39 is 0 Å².